The molecule has 2 unspecified atom stereocenters. The van der Waals surface area contributed by atoms with Crippen molar-refractivity contribution in [1.82, 2.24) is 10.2 Å². The number of rotatable bonds is 4. The summed E-state index contributed by atoms with van der Waals surface area (Å²) in [5.74, 6) is 0.572. The van der Waals surface area contributed by atoms with Crippen LogP contribution in [0.5, 0.6) is 0 Å². The average molecular weight is 284 g/mol. The predicted molar refractivity (Wildman–Crippen MR) is 77.6 cm³/mol. The maximum absolute atomic E-state index is 12.0. The average Bonchev–Trinajstić information content (AvgIpc) is 3.09. The number of hydrogen-bond acceptors (Lipinski definition) is 4. The summed E-state index contributed by atoms with van der Waals surface area (Å²) in [6, 6.07) is 0.250. The van der Waals surface area contributed by atoms with Gasteiger partial charge in [-0.2, -0.15) is 0 Å². The summed E-state index contributed by atoms with van der Waals surface area (Å²) in [6.45, 7) is 9.27. The number of carbonyl (C=O) groups is 1. The van der Waals surface area contributed by atoms with Gasteiger partial charge in [-0.1, -0.05) is 0 Å². The molecule has 2 N–H and O–H groups in total. The molecule has 0 aromatic heterocycles. The number of nitrogens with zero attached hydrogens (tertiary/aromatic N) is 1. The Kier molecular flexibility index (Phi) is 4.30. The molecule has 1 aliphatic heterocycles. The Balaban J connectivity index is 1.84. The number of aliphatic hydroxyl groups is 1. The molecule has 0 radical (unpaired) electrons. The highest BCUT2D eigenvalue weighted by Gasteiger charge is 2.43. The largest absolute Gasteiger partial charge is 0.444 e. The van der Waals surface area contributed by atoms with Crippen molar-refractivity contribution >= 4 is 6.09 Å². The molecule has 1 saturated carbocycles. The Labute approximate surface area is 121 Å². The molecule has 1 aliphatic carbocycles. The quantitative estimate of drug-likeness (QED) is 0.825. The monoisotopic (exact) mass is 284 g/mol. The van der Waals surface area contributed by atoms with Crippen molar-refractivity contribution in [1.29, 1.82) is 0 Å². The van der Waals surface area contributed by atoms with Crippen molar-refractivity contribution in [2.45, 2.75) is 64.1 Å². The van der Waals surface area contributed by atoms with Crippen molar-refractivity contribution in [3.8, 4) is 0 Å². The molecule has 1 heterocycles. The smallest absolute Gasteiger partial charge is 0.410 e. The molecule has 116 valence electrons. The lowest BCUT2D eigenvalue weighted by Crippen LogP contribution is -2.53. The highest BCUT2D eigenvalue weighted by atomic mass is 16.6. The number of amides is 1. The molecule has 5 heteroatoms. The molecule has 0 spiro atoms. The SMILES string of the molecule is CC(C)(C)OC(=O)N1CCC(NC(C)(CO)C2CC2)C1. The maximum atomic E-state index is 12.0. The van der Waals surface area contributed by atoms with Gasteiger partial charge in [-0.25, -0.2) is 4.79 Å². The van der Waals surface area contributed by atoms with Crippen LogP contribution in [0.4, 0.5) is 4.79 Å². The van der Waals surface area contributed by atoms with E-state index in [1.165, 1.54) is 12.8 Å². The van der Waals surface area contributed by atoms with Crippen LogP contribution in [-0.4, -0.2) is 53.0 Å². The molecule has 0 bridgehead atoms. The van der Waals surface area contributed by atoms with E-state index >= 15 is 0 Å². The number of nitrogens with one attached hydrogen (secondary N) is 1. The van der Waals surface area contributed by atoms with Crippen LogP contribution in [0.1, 0.15) is 47.0 Å². The lowest BCUT2D eigenvalue weighted by molar-refractivity contribution is 0.0287. The molecule has 2 atom stereocenters. The fourth-order valence-corrected chi connectivity index (χ4v) is 2.85. The molecular weight excluding hydrogens is 256 g/mol. The van der Waals surface area contributed by atoms with Gasteiger partial charge < -0.3 is 20.1 Å². The van der Waals surface area contributed by atoms with Crippen LogP contribution in [0.2, 0.25) is 0 Å². The Morgan fingerprint density at radius 2 is 1.95 bits per heavy atom. The molecule has 0 aromatic rings. The van der Waals surface area contributed by atoms with Crippen LogP contribution in [-0.2, 0) is 4.74 Å². The third-order valence-electron chi connectivity index (χ3n) is 4.18. The lowest BCUT2D eigenvalue weighted by Gasteiger charge is -2.32. The zero-order valence-corrected chi connectivity index (χ0v) is 13.1. The standard InChI is InChI=1S/C15H28N2O3/c1-14(2,3)20-13(19)17-8-7-12(9-17)16-15(4,10-18)11-5-6-11/h11-12,16,18H,5-10H2,1-4H3. The van der Waals surface area contributed by atoms with Gasteiger partial charge in [0.2, 0.25) is 0 Å². The molecule has 2 aliphatic rings. The molecular formula is C15H28N2O3. The number of likely N-dealkylation sites (tertiary alicyclic amines) is 1. The van der Waals surface area contributed by atoms with Gasteiger partial charge in [-0.3, -0.25) is 0 Å². The van der Waals surface area contributed by atoms with Crippen molar-refractivity contribution in [2.75, 3.05) is 19.7 Å². The minimum atomic E-state index is -0.448. The summed E-state index contributed by atoms with van der Waals surface area (Å²) in [5.41, 5.74) is -0.648. The highest BCUT2D eigenvalue weighted by molar-refractivity contribution is 5.68. The first-order valence-electron chi connectivity index (χ1n) is 7.60. The lowest BCUT2D eigenvalue weighted by atomic mass is 9.95. The second-order valence-electron chi connectivity index (χ2n) is 7.41. The molecule has 2 rings (SSSR count). The second-order valence-corrected chi connectivity index (χ2v) is 7.41. The third kappa shape index (κ3) is 3.85. The minimum Gasteiger partial charge on any atom is -0.444 e. The van der Waals surface area contributed by atoms with E-state index in [9.17, 15) is 9.90 Å². The van der Waals surface area contributed by atoms with E-state index in [1.54, 1.807) is 4.90 Å². The van der Waals surface area contributed by atoms with Crippen molar-refractivity contribution in [2.24, 2.45) is 5.92 Å². The van der Waals surface area contributed by atoms with Gasteiger partial charge in [-0.05, 0) is 52.9 Å². The Bertz CT molecular complexity index is 363. The summed E-state index contributed by atoms with van der Waals surface area (Å²) in [4.78, 5) is 13.8. The molecule has 20 heavy (non-hydrogen) atoms. The van der Waals surface area contributed by atoms with Gasteiger partial charge in [0.05, 0.1) is 6.61 Å². The topological polar surface area (TPSA) is 61.8 Å². The van der Waals surface area contributed by atoms with E-state index < -0.39 is 5.60 Å². The summed E-state index contributed by atoms with van der Waals surface area (Å²) >= 11 is 0. The van der Waals surface area contributed by atoms with Gasteiger partial charge in [0, 0.05) is 24.7 Å². The van der Waals surface area contributed by atoms with Crippen molar-refractivity contribution < 1.29 is 14.6 Å². The summed E-state index contributed by atoms with van der Waals surface area (Å²) in [6.07, 6.45) is 3.06. The third-order valence-corrected chi connectivity index (χ3v) is 4.18. The molecule has 2 fully saturated rings. The first-order valence-corrected chi connectivity index (χ1v) is 7.60. The van der Waals surface area contributed by atoms with Gasteiger partial charge in [0.15, 0.2) is 0 Å². The highest BCUT2D eigenvalue weighted by Crippen LogP contribution is 2.39. The van der Waals surface area contributed by atoms with E-state index in [2.05, 4.69) is 12.2 Å². The first-order chi connectivity index (χ1) is 9.23. The predicted octanol–water partition coefficient (Wildman–Crippen LogP) is 1.75. The number of aliphatic hydroxyl groups excluding tert-OH is 1. The fraction of sp³-hybridized carbons (Fsp3) is 0.933. The van der Waals surface area contributed by atoms with E-state index in [0.717, 1.165) is 13.0 Å². The molecule has 1 saturated heterocycles. The van der Waals surface area contributed by atoms with Crippen molar-refractivity contribution in [3.05, 3.63) is 0 Å². The molecule has 5 nitrogen and oxygen atoms in total. The van der Waals surface area contributed by atoms with Gasteiger partial charge >= 0.3 is 6.09 Å². The molecule has 0 aromatic carbocycles. The Morgan fingerprint density at radius 3 is 2.45 bits per heavy atom. The van der Waals surface area contributed by atoms with Crippen LogP contribution < -0.4 is 5.32 Å². The number of hydrogen-bond donors (Lipinski definition) is 2. The Hall–Kier alpha value is -0.810. The van der Waals surface area contributed by atoms with Gasteiger partial charge in [0.1, 0.15) is 5.60 Å². The zero-order chi connectivity index (χ0) is 15.0. The van der Waals surface area contributed by atoms with Crippen LogP contribution in [0, 0.1) is 5.92 Å². The second kappa shape index (κ2) is 5.53. The van der Waals surface area contributed by atoms with E-state index in [-0.39, 0.29) is 24.3 Å². The summed E-state index contributed by atoms with van der Waals surface area (Å²) in [7, 11) is 0. The van der Waals surface area contributed by atoms with E-state index in [1.807, 2.05) is 20.8 Å². The van der Waals surface area contributed by atoms with E-state index in [0.29, 0.717) is 12.5 Å². The fourth-order valence-electron chi connectivity index (χ4n) is 2.85. The number of carbonyl (C=O) groups excluding carboxylic acids is 1. The van der Waals surface area contributed by atoms with Crippen LogP contribution >= 0.6 is 0 Å². The number of ether oxygens (including phenoxy) is 1. The van der Waals surface area contributed by atoms with E-state index in [4.69, 9.17) is 4.74 Å². The molecule has 1 amide bonds. The summed E-state index contributed by atoms with van der Waals surface area (Å²) in [5, 5.41) is 13.2. The maximum Gasteiger partial charge on any atom is 0.410 e. The van der Waals surface area contributed by atoms with Crippen LogP contribution in [0.3, 0.4) is 0 Å². The first kappa shape index (κ1) is 15.6. The summed E-state index contributed by atoms with van der Waals surface area (Å²) < 4.78 is 5.40. The normalized spacial score (nSPS) is 26.4. The minimum absolute atomic E-state index is 0.153. The van der Waals surface area contributed by atoms with Crippen LogP contribution in [0.25, 0.3) is 0 Å². The Morgan fingerprint density at radius 1 is 1.30 bits per heavy atom. The van der Waals surface area contributed by atoms with Gasteiger partial charge in [0.25, 0.3) is 0 Å². The van der Waals surface area contributed by atoms with Gasteiger partial charge in [-0.15, -0.1) is 0 Å². The van der Waals surface area contributed by atoms with Crippen molar-refractivity contribution in [3.63, 3.8) is 0 Å². The van der Waals surface area contributed by atoms with Crippen LogP contribution in [0.15, 0.2) is 0 Å². The zero-order valence-electron chi connectivity index (χ0n) is 13.1.